The third-order valence-electron chi connectivity index (χ3n) is 11.9. The number of benzene rings is 4. The highest BCUT2D eigenvalue weighted by Gasteiger charge is 2.32. The Bertz CT molecular complexity index is 2790. The third-order valence-corrected chi connectivity index (χ3v) is 13.5. The van der Waals surface area contributed by atoms with Crippen LogP contribution in [0.15, 0.2) is 108 Å². The highest BCUT2D eigenvalue weighted by molar-refractivity contribution is 7.90. The number of anilines is 4. The highest BCUT2D eigenvalue weighted by atomic mass is 35.5. The van der Waals surface area contributed by atoms with Gasteiger partial charge in [0, 0.05) is 54.5 Å². The summed E-state index contributed by atoms with van der Waals surface area (Å²) in [6, 6.07) is 27.9. The molecule has 2 aromatic heterocycles. The smallest absolute Gasteiger partial charge is 0.293 e. The maximum absolute atomic E-state index is 14.3. The maximum Gasteiger partial charge on any atom is 0.293 e. The number of ether oxygens (including phenoxy) is 3. The Balaban J connectivity index is 0.996. The molecule has 0 unspecified atom stereocenters. The van der Waals surface area contributed by atoms with Crippen molar-refractivity contribution in [3.05, 3.63) is 130 Å². The number of aromatic nitrogens is 2. The quantitative estimate of drug-likeness (QED) is 0.0691. The fourth-order valence-electron chi connectivity index (χ4n) is 8.62. The molecule has 332 valence electrons. The van der Waals surface area contributed by atoms with Crippen LogP contribution in [0.3, 0.4) is 0 Å². The first kappa shape index (κ1) is 43.0. The molecule has 0 spiro atoms. The van der Waals surface area contributed by atoms with Gasteiger partial charge in [0.1, 0.15) is 17.0 Å². The second-order valence-electron chi connectivity index (χ2n) is 16.0. The van der Waals surface area contributed by atoms with E-state index in [2.05, 4.69) is 19.9 Å². The van der Waals surface area contributed by atoms with Gasteiger partial charge in [-0.2, -0.15) is 4.98 Å². The molecule has 4 aromatic carbocycles. The fourth-order valence-corrected chi connectivity index (χ4v) is 9.73. The number of fused-ring (bicyclic) bond motifs is 2. The number of aliphatic hydroxyl groups is 1. The fraction of sp³-hybridized carbons (Fsp3) is 0.304. The van der Waals surface area contributed by atoms with E-state index in [-0.39, 0.29) is 29.8 Å². The van der Waals surface area contributed by atoms with Gasteiger partial charge in [-0.1, -0.05) is 48.0 Å². The third kappa shape index (κ3) is 9.07. The molecular formula is C46H46ClN7O9S. The molecule has 6 aromatic rings. The number of rotatable bonds is 12. The van der Waals surface area contributed by atoms with Crippen molar-refractivity contribution in [2.24, 2.45) is 5.92 Å². The molecule has 0 aliphatic carbocycles. The summed E-state index contributed by atoms with van der Waals surface area (Å²) in [4.78, 5) is 37.3. The number of nitro benzene ring substituents is 1. The van der Waals surface area contributed by atoms with Crippen molar-refractivity contribution in [2.75, 3.05) is 67.7 Å². The number of nitro groups is 1. The number of H-pyrrole nitrogens is 1. The number of amides is 1. The molecule has 4 N–H and O–H groups in total. The van der Waals surface area contributed by atoms with Gasteiger partial charge >= 0.3 is 0 Å². The first-order valence-corrected chi connectivity index (χ1v) is 23.0. The summed E-state index contributed by atoms with van der Waals surface area (Å²) in [6.07, 6.45) is 2.67. The standard InChI is InChI=1S/C46H46ClN7O9S/c47-32-8-6-29(7-9-32)36-4-1-2-5-37(36)43(55)30-15-19-52(20-16-30)33-10-12-38(40(25-33)53-18-3-21-63-46-42(53)24-31-14-17-48-44(31)50-46)45(56)51-64(59,60)35-11-13-39(41(26-35)54(57)58)49-27-34-28-61-22-23-62-34/h1-2,4-14,17,24-26,30,34,43,49,55H,3,15-16,18-23,27-28H2,(H,48,50)(H,51,56)/t34-,43-/m1/s1. The minimum atomic E-state index is -4.62. The van der Waals surface area contributed by atoms with Gasteiger partial charge in [-0.05, 0) is 96.5 Å². The lowest BCUT2D eigenvalue weighted by Gasteiger charge is -2.37. The van der Waals surface area contributed by atoms with Gasteiger partial charge in [-0.25, -0.2) is 13.1 Å². The van der Waals surface area contributed by atoms with Crippen LogP contribution in [0.2, 0.25) is 5.02 Å². The van der Waals surface area contributed by atoms with Crippen molar-refractivity contribution in [1.82, 2.24) is 14.7 Å². The SMILES string of the molecule is O=C(NS(=O)(=O)c1ccc(NC[C@@H]2COCCO2)c([N+](=O)[O-])c1)c1ccc(N2CCC([C@@H](O)c3ccccc3-c3ccc(Cl)cc3)CC2)cc1N1CCCOc2nc3[nH]ccc3cc21. The van der Waals surface area contributed by atoms with E-state index in [0.29, 0.717) is 93.2 Å². The van der Waals surface area contributed by atoms with Crippen LogP contribution >= 0.6 is 11.6 Å². The zero-order valence-electron chi connectivity index (χ0n) is 34.6. The van der Waals surface area contributed by atoms with E-state index < -0.39 is 37.5 Å². The summed E-state index contributed by atoms with van der Waals surface area (Å²) in [5.41, 5.74) is 4.90. The van der Waals surface area contributed by atoms with E-state index >= 15 is 0 Å². The number of halogens is 1. The van der Waals surface area contributed by atoms with E-state index in [0.717, 1.165) is 33.8 Å². The highest BCUT2D eigenvalue weighted by Crippen LogP contribution is 2.42. The van der Waals surface area contributed by atoms with Gasteiger partial charge in [0.2, 0.25) is 5.88 Å². The summed E-state index contributed by atoms with van der Waals surface area (Å²) >= 11 is 6.17. The molecule has 0 saturated carbocycles. The van der Waals surface area contributed by atoms with Crippen LogP contribution < -0.4 is 24.6 Å². The van der Waals surface area contributed by atoms with Crippen LogP contribution in [0.4, 0.5) is 28.4 Å². The lowest BCUT2D eigenvalue weighted by Crippen LogP contribution is -2.36. The van der Waals surface area contributed by atoms with E-state index in [1.165, 1.54) is 12.1 Å². The number of hydrogen-bond acceptors (Lipinski definition) is 13. The molecule has 0 bridgehead atoms. The Hall–Kier alpha value is -6.24. The normalized spacial score (nSPS) is 17.6. The van der Waals surface area contributed by atoms with Crippen molar-refractivity contribution < 1.29 is 37.5 Å². The van der Waals surface area contributed by atoms with Crippen LogP contribution in [-0.2, 0) is 19.5 Å². The zero-order chi connectivity index (χ0) is 44.4. The molecule has 3 aliphatic rings. The monoisotopic (exact) mass is 907 g/mol. The Morgan fingerprint density at radius 2 is 1.78 bits per heavy atom. The summed E-state index contributed by atoms with van der Waals surface area (Å²) in [7, 11) is -4.62. The number of aromatic amines is 1. The zero-order valence-corrected chi connectivity index (χ0v) is 36.2. The molecule has 3 aliphatic heterocycles. The topological polar surface area (TPSA) is 201 Å². The second kappa shape index (κ2) is 18.5. The molecule has 18 heteroatoms. The van der Waals surface area contributed by atoms with E-state index in [1.54, 1.807) is 18.3 Å². The van der Waals surface area contributed by atoms with Crippen molar-refractivity contribution in [3.63, 3.8) is 0 Å². The van der Waals surface area contributed by atoms with Crippen LogP contribution in [-0.4, -0.2) is 93.0 Å². The van der Waals surface area contributed by atoms with Crippen molar-refractivity contribution >= 4 is 67.0 Å². The molecule has 2 atom stereocenters. The van der Waals surface area contributed by atoms with E-state index in [9.17, 15) is 28.4 Å². The number of piperidine rings is 1. The van der Waals surface area contributed by atoms with Crippen molar-refractivity contribution in [2.45, 2.75) is 36.4 Å². The van der Waals surface area contributed by atoms with Crippen LogP contribution in [0.1, 0.15) is 41.3 Å². The molecule has 9 rings (SSSR count). The number of pyridine rings is 1. The number of hydrogen-bond donors (Lipinski definition) is 4. The van der Waals surface area contributed by atoms with Crippen LogP contribution in [0.5, 0.6) is 5.88 Å². The minimum absolute atomic E-state index is 0.0231. The van der Waals surface area contributed by atoms with Gasteiger partial charge in [0.15, 0.2) is 0 Å². The Kier molecular flexibility index (Phi) is 12.4. The maximum atomic E-state index is 14.3. The lowest BCUT2D eigenvalue weighted by atomic mass is 9.84. The predicted molar refractivity (Wildman–Crippen MR) is 243 cm³/mol. The molecule has 2 fully saturated rings. The molecule has 5 heterocycles. The van der Waals surface area contributed by atoms with Crippen LogP contribution in [0, 0.1) is 16.0 Å². The largest absolute Gasteiger partial charge is 0.476 e. The second-order valence-corrected chi connectivity index (χ2v) is 18.1. The number of sulfonamides is 1. The van der Waals surface area contributed by atoms with Gasteiger partial charge in [0.05, 0.1) is 59.7 Å². The number of nitrogens with one attached hydrogen (secondary N) is 3. The van der Waals surface area contributed by atoms with Gasteiger partial charge in [0.25, 0.3) is 21.6 Å². The van der Waals surface area contributed by atoms with Crippen molar-refractivity contribution in [1.29, 1.82) is 0 Å². The van der Waals surface area contributed by atoms with Crippen molar-refractivity contribution in [3.8, 4) is 17.0 Å². The van der Waals surface area contributed by atoms with Crippen LogP contribution in [0.25, 0.3) is 22.2 Å². The average Bonchev–Trinajstić information content (AvgIpc) is 3.68. The van der Waals surface area contributed by atoms with E-state index in [4.69, 9.17) is 30.8 Å². The average molecular weight is 908 g/mol. The van der Waals surface area contributed by atoms with Gasteiger partial charge in [-0.15, -0.1) is 0 Å². The van der Waals surface area contributed by atoms with E-state index in [1.807, 2.05) is 71.6 Å². The molecule has 16 nitrogen and oxygen atoms in total. The Morgan fingerprint density at radius 1 is 0.969 bits per heavy atom. The summed E-state index contributed by atoms with van der Waals surface area (Å²) in [5.74, 6) is -0.594. The number of carbonyl (C=O) groups is 1. The summed E-state index contributed by atoms with van der Waals surface area (Å²) in [5, 5.41) is 28.3. The summed E-state index contributed by atoms with van der Waals surface area (Å²) in [6.45, 7) is 3.38. The molecular weight excluding hydrogens is 862 g/mol. The Labute approximate surface area is 374 Å². The molecule has 1 amide bonds. The summed E-state index contributed by atoms with van der Waals surface area (Å²) < 4.78 is 47.1. The Morgan fingerprint density at radius 3 is 2.56 bits per heavy atom. The number of aliphatic hydroxyl groups excluding tert-OH is 1. The molecule has 2 saturated heterocycles. The first-order valence-electron chi connectivity index (χ1n) is 21.1. The number of carbonyl (C=O) groups excluding carboxylic acids is 1. The van der Waals surface area contributed by atoms with Gasteiger partial charge < -0.3 is 39.4 Å². The number of nitrogens with zero attached hydrogens (tertiary/aromatic N) is 4. The molecule has 64 heavy (non-hydrogen) atoms. The minimum Gasteiger partial charge on any atom is -0.476 e. The molecule has 0 radical (unpaired) electrons. The lowest BCUT2D eigenvalue weighted by molar-refractivity contribution is -0.384. The van der Waals surface area contributed by atoms with Gasteiger partial charge in [-0.3, -0.25) is 14.9 Å². The first-order chi connectivity index (χ1) is 31.0. The predicted octanol–water partition coefficient (Wildman–Crippen LogP) is 7.61.